The summed E-state index contributed by atoms with van der Waals surface area (Å²) in [6, 6.07) is 27.3. The molecule has 0 heterocycles. The molecule has 1 unspecified atom stereocenters. The largest absolute Gasteiger partial charge is 0.496 e. The van der Waals surface area contributed by atoms with Gasteiger partial charge in [-0.2, -0.15) is 0 Å². The van der Waals surface area contributed by atoms with E-state index >= 15 is 0 Å². The van der Waals surface area contributed by atoms with Gasteiger partial charge in [0.05, 0.1) is 17.6 Å². The highest BCUT2D eigenvalue weighted by molar-refractivity contribution is 7.89. The third kappa shape index (κ3) is 5.28. The zero-order chi connectivity index (χ0) is 26.0. The molecule has 1 atom stereocenters. The van der Waals surface area contributed by atoms with Crippen molar-refractivity contribution in [3.05, 3.63) is 113 Å². The number of aryl methyl sites for hydroxylation is 1. The van der Waals surface area contributed by atoms with E-state index in [4.69, 9.17) is 4.74 Å². The van der Waals surface area contributed by atoms with Crippen LogP contribution in [-0.4, -0.2) is 27.5 Å². The van der Waals surface area contributed by atoms with Crippen LogP contribution < -0.4 is 14.8 Å². The Morgan fingerprint density at radius 1 is 0.865 bits per heavy atom. The third-order valence-corrected chi connectivity index (χ3v) is 8.14. The zero-order valence-electron chi connectivity index (χ0n) is 20.7. The molecule has 1 amide bonds. The first-order chi connectivity index (χ1) is 17.8. The molecule has 1 aliphatic rings. The quantitative estimate of drug-likeness (QED) is 0.349. The third-order valence-electron chi connectivity index (χ3n) is 6.60. The van der Waals surface area contributed by atoms with Crippen molar-refractivity contribution in [1.82, 2.24) is 4.72 Å². The van der Waals surface area contributed by atoms with Gasteiger partial charge in [0.25, 0.3) is 5.91 Å². The molecule has 5 rings (SSSR count). The number of hydrogen-bond donors (Lipinski definition) is 2. The minimum Gasteiger partial charge on any atom is -0.496 e. The van der Waals surface area contributed by atoms with E-state index in [1.54, 1.807) is 49.6 Å². The van der Waals surface area contributed by atoms with E-state index in [9.17, 15) is 13.2 Å². The number of rotatable bonds is 7. The molecule has 188 valence electrons. The molecule has 0 fully saturated rings. The second kappa shape index (κ2) is 10.2. The predicted molar refractivity (Wildman–Crippen MR) is 146 cm³/mol. The number of benzene rings is 4. The van der Waals surface area contributed by atoms with Crippen LogP contribution in [-0.2, 0) is 22.9 Å². The van der Waals surface area contributed by atoms with Crippen molar-refractivity contribution >= 4 is 21.6 Å². The monoisotopic (exact) mass is 512 g/mol. The Bertz CT molecular complexity index is 1550. The van der Waals surface area contributed by atoms with Crippen LogP contribution in [0, 0.1) is 6.92 Å². The maximum absolute atomic E-state index is 13.4. The van der Waals surface area contributed by atoms with Crippen LogP contribution >= 0.6 is 0 Å². The van der Waals surface area contributed by atoms with Crippen LogP contribution in [0.2, 0.25) is 0 Å². The Morgan fingerprint density at radius 3 is 2.32 bits per heavy atom. The molecule has 2 N–H and O–H groups in total. The highest BCUT2D eigenvalue weighted by Crippen LogP contribution is 2.34. The molecule has 0 saturated carbocycles. The number of sulfonamides is 1. The van der Waals surface area contributed by atoms with Gasteiger partial charge in [-0.05, 0) is 72.9 Å². The molecule has 0 aromatic heterocycles. The molecule has 0 saturated heterocycles. The fourth-order valence-electron chi connectivity index (χ4n) is 4.77. The van der Waals surface area contributed by atoms with E-state index in [1.807, 2.05) is 55.5 Å². The fraction of sp³-hybridized carbons (Fsp3) is 0.167. The van der Waals surface area contributed by atoms with E-state index in [1.165, 1.54) is 0 Å². The highest BCUT2D eigenvalue weighted by Gasteiger charge is 2.27. The van der Waals surface area contributed by atoms with Gasteiger partial charge in [-0.3, -0.25) is 4.79 Å². The SMILES string of the molecule is COc1cccc(C(=O)Nc2ccc3c(c2)CC(NS(=O)(=O)c2ccccc2)C3)c1-c1ccc(C)cc1. The number of methoxy groups -OCH3 is 1. The van der Waals surface area contributed by atoms with Crippen molar-refractivity contribution in [2.24, 2.45) is 0 Å². The summed E-state index contributed by atoms with van der Waals surface area (Å²) in [5, 5.41) is 3.02. The summed E-state index contributed by atoms with van der Waals surface area (Å²) in [5.74, 6) is 0.382. The summed E-state index contributed by atoms with van der Waals surface area (Å²) in [7, 11) is -2.00. The van der Waals surface area contributed by atoms with Gasteiger partial charge in [0, 0.05) is 17.3 Å². The number of hydrogen-bond acceptors (Lipinski definition) is 4. The number of fused-ring (bicyclic) bond motifs is 1. The summed E-state index contributed by atoms with van der Waals surface area (Å²) in [4.78, 5) is 13.6. The van der Waals surface area contributed by atoms with E-state index in [-0.39, 0.29) is 16.8 Å². The predicted octanol–water partition coefficient (Wildman–Crippen LogP) is 5.37. The summed E-state index contributed by atoms with van der Waals surface area (Å²) in [6.07, 6.45) is 1.15. The molecular formula is C30H28N2O4S. The summed E-state index contributed by atoms with van der Waals surface area (Å²) in [6.45, 7) is 2.02. The van der Waals surface area contributed by atoms with Crippen molar-refractivity contribution in [1.29, 1.82) is 0 Å². The topological polar surface area (TPSA) is 84.5 Å². The molecular weight excluding hydrogens is 484 g/mol. The van der Waals surface area contributed by atoms with Gasteiger partial charge in [-0.1, -0.05) is 60.2 Å². The molecule has 6 nitrogen and oxygen atoms in total. The van der Waals surface area contributed by atoms with Gasteiger partial charge in [-0.15, -0.1) is 0 Å². The molecule has 0 bridgehead atoms. The fourth-order valence-corrected chi connectivity index (χ4v) is 6.03. The summed E-state index contributed by atoms with van der Waals surface area (Å²) >= 11 is 0. The normalized spacial score (nSPS) is 14.7. The van der Waals surface area contributed by atoms with Crippen LogP contribution in [0.25, 0.3) is 11.1 Å². The van der Waals surface area contributed by atoms with Crippen LogP contribution in [0.5, 0.6) is 5.75 Å². The number of nitrogens with one attached hydrogen (secondary N) is 2. The van der Waals surface area contributed by atoms with Gasteiger partial charge in [0.2, 0.25) is 10.0 Å². The van der Waals surface area contributed by atoms with Gasteiger partial charge in [-0.25, -0.2) is 13.1 Å². The number of ether oxygens (including phenoxy) is 1. The molecule has 4 aromatic rings. The number of carbonyl (C=O) groups is 1. The van der Waals surface area contributed by atoms with Crippen molar-refractivity contribution < 1.29 is 17.9 Å². The average molecular weight is 513 g/mol. The first kappa shape index (κ1) is 24.7. The second-order valence-electron chi connectivity index (χ2n) is 9.23. The van der Waals surface area contributed by atoms with Crippen LogP contribution in [0.15, 0.2) is 95.9 Å². The Morgan fingerprint density at radius 2 is 1.59 bits per heavy atom. The molecule has 0 aliphatic heterocycles. The Hall–Kier alpha value is -3.94. The van der Waals surface area contributed by atoms with Crippen LogP contribution in [0.1, 0.15) is 27.0 Å². The van der Waals surface area contributed by atoms with E-state index in [0.717, 1.165) is 27.8 Å². The molecule has 0 radical (unpaired) electrons. The highest BCUT2D eigenvalue weighted by atomic mass is 32.2. The maximum atomic E-state index is 13.4. The summed E-state index contributed by atoms with van der Waals surface area (Å²) in [5.41, 5.74) is 6.02. The van der Waals surface area contributed by atoms with Gasteiger partial charge >= 0.3 is 0 Å². The zero-order valence-corrected chi connectivity index (χ0v) is 21.5. The number of carbonyl (C=O) groups excluding carboxylic acids is 1. The molecule has 37 heavy (non-hydrogen) atoms. The second-order valence-corrected chi connectivity index (χ2v) is 10.9. The first-order valence-corrected chi connectivity index (χ1v) is 13.6. The Balaban J connectivity index is 1.35. The Kier molecular flexibility index (Phi) is 6.82. The van der Waals surface area contributed by atoms with E-state index in [2.05, 4.69) is 10.0 Å². The van der Waals surface area contributed by atoms with E-state index in [0.29, 0.717) is 29.8 Å². The van der Waals surface area contributed by atoms with Crippen molar-refractivity contribution in [2.75, 3.05) is 12.4 Å². The minimum absolute atomic E-state index is 0.238. The summed E-state index contributed by atoms with van der Waals surface area (Å²) < 4.78 is 33.9. The number of anilines is 1. The lowest BCUT2D eigenvalue weighted by Crippen LogP contribution is -2.35. The smallest absolute Gasteiger partial charge is 0.256 e. The molecule has 7 heteroatoms. The lowest BCUT2D eigenvalue weighted by atomic mass is 9.97. The van der Waals surface area contributed by atoms with Gasteiger partial charge in [0.1, 0.15) is 5.75 Å². The molecule has 4 aromatic carbocycles. The number of amides is 1. The first-order valence-electron chi connectivity index (χ1n) is 12.1. The lowest BCUT2D eigenvalue weighted by molar-refractivity contribution is 0.102. The van der Waals surface area contributed by atoms with Gasteiger partial charge in [0.15, 0.2) is 0 Å². The minimum atomic E-state index is -3.60. The Labute approximate surface area is 217 Å². The van der Waals surface area contributed by atoms with Gasteiger partial charge < -0.3 is 10.1 Å². The van der Waals surface area contributed by atoms with Crippen molar-refractivity contribution in [2.45, 2.75) is 30.7 Å². The molecule has 0 spiro atoms. The van der Waals surface area contributed by atoms with Crippen LogP contribution in [0.4, 0.5) is 5.69 Å². The molecule has 1 aliphatic carbocycles. The van der Waals surface area contributed by atoms with Crippen LogP contribution in [0.3, 0.4) is 0 Å². The van der Waals surface area contributed by atoms with E-state index < -0.39 is 10.0 Å². The maximum Gasteiger partial charge on any atom is 0.256 e. The van der Waals surface area contributed by atoms with Crippen molar-refractivity contribution in [3.8, 4) is 16.9 Å². The lowest BCUT2D eigenvalue weighted by Gasteiger charge is -2.15. The average Bonchev–Trinajstić information content (AvgIpc) is 3.30. The standard InChI is InChI=1S/C30H28N2O4S/c1-20-11-13-21(14-12-20)29-27(9-6-10-28(29)36-2)30(33)31-24-16-15-22-17-25(19-23(22)18-24)32-37(34,35)26-7-4-3-5-8-26/h3-16,18,25,32H,17,19H2,1-2H3,(H,31,33). The van der Waals surface area contributed by atoms with Crippen molar-refractivity contribution in [3.63, 3.8) is 0 Å².